The molecule has 7 heteroatoms. The van der Waals surface area contributed by atoms with Gasteiger partial charge in [0.05, 0.1) is 11.9 Å². The molecule has 0 aliphatic carbocycles. The molecule has 0 amide bonds. The molecule has 0 saturated carbocycles. The van der Waals surface area contributed by atoms with E-state index in [-0.39, 0.29) is 19.5 Å². The Labute approximate surface area is 74.2 Å². The number of carbonyl (C=O) groups excluding carboxylic acids is 2. The van der Waals surface area contributed by atoms with Crippen molar-refractivity contribution in [3.8, 4) is 0 Å². The molecule has 0 rings (SSSR count). The van der Waals surface area contributed by atoms with Crippen LogP contribution in [0, 0.1) is 0 Å². The number of aliphatic hydroxyl groups excluding tert-OH is 2. The second-order valence-corrected chi connectivity index (χ2v) is 1.53. The summed E-state index contributed by atoms with van der Waals surface area (Å²) in [4.78, 5) is 19.3. The molecular weight excluding hydrogens is 247 g/mol. The zero-order valence-electron chi connectivity index (χ0n) is 5.02. The minimum Gasteiger partial charge on any atom is -0.547 e. The average molecular weight is 251 g/mol. The Morgan fingerprint density at radius 3 is 1.27 bits per heavy atom. The average Bonchev–Trinajstić information content (AvgIpc) is 1.84. The van der Waals surface area contributed by atoms with Crippen molar-refractivity contribution in [2.75, 3.05) is 0 Å². The maximum Gasteiger partial charge on any atom is 2.00 e. The van der Waals surface area contributed by atoms with Crippen LogP contribution in [0.15, 0.2) is 0 Å². The van der Waals surface area contributed by atoms with Gasteiger partial charge in [0, 0.05) is 0 Å². The number of rotatable bonds is 3. The molecule has 2 unspecified atom stereocenters. The van der Waals surface area contributed by atoms with Gasteiger partial charge >= 0.3 is 19.5 Å². The van der Waals surface area contributed by atoms with Crippen LogP contribution in [0.1, 0.15) is 0 Å². The number of hydrogen-bond donors (Lipinski definition) is 2. The fourth-order valence-corrected chi connectivity index (χ4v) is 0.258. The molecule has 65 valence electrons. The van der Waals surface area contributed by atoms with E-state index in [9.17, 15) is 19.8 Å². The first-order chi connectivity index (χ1) is 4.46. The molecule has 2 N–H and O–H groups in total. The maximum absolute atomic E-state index is 9.63. The summed E-state index contributed by atoms with van der Waals surface area (Å²) < 4.78 is 0. The number of carbonyl (C=O) groups is 2. The molecule has 0 aromatic heterocycles. The van der Waals surface area contributed by atoms with E-state index in [0.717, 1.165) is 0 Å². The normalized spacial score (nSPS) is 14.4. The smallest absolute Gasteiger partial charge is 0.547 e. The van der Waals surface area contributed by atoms with E-state index in [1.165, 1.54) is 0 Å². The molecule has 0 bridgehead atoms. The van der Waals surface area contributed by atoms with Crippen molar-refractivity contribution in [1.29, 1.82) is 0 Å². The van der Waals surface area contributed by atoms with E-state index in [2.05, 4.69) is 0 Å². The van der Waals surface area contributed by atoms with Crippen molar-refractivity contribution in [3.63, 3.8) is 0 Å². The molecule has 6 nitrogen and oxygen atoms in total. The Kier molecular flexibility index (Phi) is 6.16. The number of hydrogen-bond acceptors (Lipinski definition) is 6. The topological polar surface area (TPSA) is 121 Å². The SMILES string of the molecule is O=C([O-])C(O)C(O)C(=O)[O-].[Rh+2]. The predicted octanol–water partition coefficient (Wildman–Crippen LogP) is -4.79. The number of carboxylic acid groups (broad SMARTS) is 2. The Balaban J connectivity index is 0. The van der Waals surface area contributed by atoms with Gasteiger partial charge in [-0.2, -0.15) is 0 Å². The van der Waals surface area contributed by atoms with Crippen LogP contribution in [-0.4, -0.2) is 34.4 Å². The molecule has 0 aliphatic rings. The molecule has 0 spiro atoms. The van der Waals surface area contributed by atoms with Crippen LogP contribution in [0.2, 0.25) is 0 Å². The summed E-state index contributed by atoms with van der Waals surface area (Å²) >= 11 is 0. The van der Waals surface area contributed by atoms with E-state index in [0.29, 0.717) is 0 Å². The Morgan fingerprint density at radius 2 is 1.18 bits per heavy atom. The predicted molar refractivity (Wildman–Crippen MR) is 22.0 cm³/mol. The van der Waals surface area contributed by atoms with Gasteiger partial charge < -0.3 is 30.0 Å². The number of carboxylic acids is 2. The first-order valence-corrected chi connectivity index (χ1v) is 2.24. The monoisotopic (exact) mass is 251 g/mol. The van der Waals surface area contributed by atoms with E-state index >= 15 is 0 Å². The molecule has 11 heavy (non-hydrogen) atoms. The minimum absolute atomic E-state index is 0. The van der Waals surface area contributed by atoms with Gasteiger partial charge in [-0.25, -0.2) is 0 Å². The van der Waals surface area contributed by atoms with Gasteiger partial charge in [0.25, 0.3) is 0 Å². The Morgan fingerprint density at radius 1 is 1.00 bits per heavy atom. The van der Waals surface area contributed by atoms with Crippen LogP contribution >= 0.6 is 0 Å². The fourth-order valence-electron chi connectivity index (χ4n) is 0.258. The second-order valence-electron chi connectivity index (χ2n) is 1.53. The van der Waals surface area contributed by atoms with Gasteiger partial charge in [0.2, 0.25) is 0 Å². The van der Waals surface area contributed by atoms with E-state index in [1.54, 1.807) is 0 Å². The van der Waals surface area contributed by atoms with Crippen LogP contribution in [0.3, 0.4) is 0 Å². The minimum atomic E-state index is -2.44. The molecule has 0 saturated heterocycles. The quantitative estimate of drug-likeness (QED) is 0.485. The Bertz CT molecular complexity index is 139. The number of aliphatic hydroxyl groups is 2. The summed E-state index contributed by atoms with van der Waals surface area (Å²) in [7, 11) is 0. The van der Waals surface area contributed by atoms with Crippen molar-refractivity contribution in [3.05, 3.63) is 0 Å². The van der Waals surface area contributed by atoms with Crippen molar-refractivity contribution in [1.82, 2.24) is 0 Å². The van der Waals surface area contributed by atoms with Gasteiger partial charge in [-0.15, -0.1) is 0 Å². The van der Waals surface area contributed by atoms with Gasteiger partial charge in [0.15, 0.2) is 0 Å². The van der Waals surface area contributed by atoms with Crippen LogP contribution in [-0.2, 0) is 29.1 Å². The molecule has 0 aromatic carbocycles. The third kappa shape index (κ3) is 4.03. The zero-order valence-corrected chi connectivity index (χ0v) is 6.65. The molecule has 0 fully saturated rings. The molecule has 2 atom stereocenters. The summed E-state index contributed by atoms with van der Waals surface area (Å²) in [5.74, 6) is -4.12. The molecule has 1 radical (unpaired) electrons. The largest absolute Gasteiger partial charge is 2.00 e. The van der Waals surface area contributed by atoms with E-state index in [4.69, 9.17) is 10.2 Å². The third-order valence-corrected chi connectivity index (χ3v) is 0.782. The Hall–Kier alpha value is -0.517. The summed E-state index contributed by atoms with van der Waals surface area (Å²) in [5, 5.41) is 35.7. The van der Waals surface area contributed by atoms with Gasteiger partial charge in [-0.1, -0.05) is 0 Å². The number of aliphatic carboxylic acids is 2. The van der Waals surface area contributed by atoms with Gasteiger partial charge in [-0.3, -0.25) is 0 Å². The maximum atomic E-state index is 9.63. The van der Waals surface area contributed by atoms with E-state index < -0.39 is 24.1 Å². The van der Waals surface area contributed by atoms with Crippen molar-refractivity contribution in [2.24, 2.45) is 0 Å². The van der Waals surface area contributed by atoms with Crippen molar-refractivity contribution >= 4 is 11.9 Å². The van der Waals surface area contributed by atoms with Crippen LogP contribution < -0.4 is 10.2 Å². The van der Waals surface area contributed by atoms with Crippen LogP contribution in [0.5, 0.6) is 0 Å². The summed E-state index contributed by atoms with van der Waals surface area (Å²) in [6, 6.07) is 0. The molecular formula is C4H4O6Rh. The fraction of sp³-hybridized carbons (Fsp3) is 0.500. The third-order valence-electron chi connectivity index (χ3n) is 0.782. The molecule has 0 aliphatic heterocycles. The van der Waals surface area contributed by atoms with E-state index in [1.807, 2.05) is 0 Å². The standard InChI is InChI=1S/C4H6O6.Rh/c5-1(3(7)8)2(6)4(9)10;/h1-2,5-6H,(H,7,8)(H,9,10);/q;+2/p-2. The summed E-state index contributed by atoms with van der Waals surface area (Å²) in [6.07, 6.45) is -4.88. The van der Waals surface area contributed by atoms with Gasteiger partial charge in [-0.05, 0) is 0 Å². The van der Waals surface area contributed by atoms with Crippen molar-refractivity contribution < 1.29 is 49.5 Å². The summed E-state index contributed by atoms with van der Waals surface area (Å²) in [6.45, 7) is 0. The molecule has 0 heterocycles. The van der Waals surface area contributed by atoms with Gasteiger partial charge in [0.1, 0.15) is 12.2 Å². The van der Waals surface area contributed by atoms with Crippen molar-refractivity contribution in [2.45, 2.75) is 12.2 Å². The van der Waals surface area contributed by atoms with Crippen LogP contribution in [0.4, 0.5) is 0 Å². The second kappa shape index (κ2) is 5.18. The zero-order chi connectivity index (χ0) is 8.31. The van der Waals surface area contributed by atoms with Crippen LogP contribution in [0.25, 0.3) is 0 Å². The summed E-state index contributed by atoms with van der Waals surface area (Å²) in [5.41, 5.74) is 0. The first-order valence-electron chi connectivity index (χ1n) is 2.24. The molecule has 0 aromatic rings. The first kappa shape index (κ1) is 13.1.